The molecule has 1 fully saturated rings. The van der Waals surface area contributed by atoms with Crippen LogP contribution in [0, 0.1) is 0 Å². The van der Waals surface area contributed by atoms with Gasteiger partial charge in [0.2, 0.25) is 0 Å². The SMILES string of the molecule is CC1NN(Cc2ccccc2)C(=O)C1(O)O. The standard InChI is InChI=1S/C11H14N2O3/c1-8-11(15,16)10(14)13(12-8)7-9-5-3-2-4-6-9/h2-6,8,12,15-16H,7H2,1H3. The summed E-state index contributed by atoms with van der Waals surface area (Å²) in [7, 11) is 0. The Kier molecular flexibility index (Phi) is 2.67. The molecule has 5 heteroatoms. The van der Waals surface area contributed by atoms with Gasteiger partial charge in [-0.3, -0.25) is 9.80 Å². The van der Waals surface area contributed by atoms with E-state index in [0.29, 0.717) is 6.54 Å². The van der Waals surface area contributed by atoms with Crippen LogP contribution in [0.1, 0.15) is 12.5 Å². The van der Waals surface area contributed by atoms with Gasteiger partial charge in [-0.05, 0) is 12.5 Å². The molecule has 0 bridgehead atoms. The number of benzene rings is 1. The van der Waals surface area contributed by atoms with Crippen LogP contribution in [0.4, 0.5) is 0 Å². The molecule has 1 aromatic rings. The van der Waals surface area contributed by atoms with E-state index in [1.807, 2.05) is 30.3 Å². The molecule has 0 aromatic heterocycles. The number of carbonyl (C=O) groups is 1. The third-order valence-electron chi connectivity index (χ3n) is 2.70. The average molecular weight is 222 g/mol. The first kappa shape index (κ1) is 11.1. The zero-order valence-electron chi connectivity index (χ0n) is 8.92. The maximum atomic E-state index is 11.6. The summed E-state index contributed by atoms with van der Waals surface area (Å²) >= 11 is 0. The predicted molar refractivity (Wildman–Crippen MR) is 56.8 cm³/mol. The summed E-state index contributed by atoms with van der Waals surface area (Å²) in [6.45, 7) is 1.86. The molecule has 86 valence electrons. The van der Waals surface area contributed by atoms with Crippen molar-refractivity contribution in [3.8, 4) is 0 Å². The quantitative estimate of drug-likeness (QED) is 0.595. The first-order valence-corrected chi connectivity index (χ1v) is 5.08. The molecule has 1 aromatic carbocycles. The van der Waals surface area contributed by atoms with E-state index in [-0.39, 0.29) is 0 Å². The minimum atomic E-state index is -2.31. The first-order valence-electron chi connectivity index (χ1n) is 5.08. The van der Waals surface area contributed by atoms with Gasteiger partial charge in [-0.1, -0.05) is 30.3 Å². The molecule has 1 saturated heterocycles. The molecule has 0 aliphatic carbocycles. The van der Waals surface area contributed by atoms with Crippen LogP contribution >= 0.6 is 0 Å². The van der Waals surface area contributed by atoms with Crippen molar-refractivity contribution in [2.24, 2.45) is 0 Å². The Balaban J connectivity index is 2.11. The van der Waals surface area contributed by atoms with Crippen molar-refractivity contribution in [3.05, 3.63) is 35.9 Å². The summed E-state index contributed by atoms with van der Waals surface area (Å²) in [5.74, 6) is -3.03. The second kappa shape index (κ2) is 3.86. The normalized spacial score (nSPS) is 23.8. The molecule has 0 saturated carbocycles. The van der Waals surface area contributed by atoms with E-state index >= 15 is 0 Å². The summed E-state index contributed by atoms with van der Waals surface area (Å²) in [5.41, 5.74) is 3.65. The molecule has 1 atom stereocenters. The van der Waals surface area contributed by atoms with Crippen molar-refractivity contribution in [2.45, 2.75) is 25.3 Å². The van der Waals surface area contributed by atoms with Crippen molar-refractivity contribution >= 4 is 5.91 Å². The van der Waals surface area contributed by atoms with Gasteiger partial charge in [0.25, 0.3) is 11.7 Å². The molecule has 1 heterocycles. The van der Waals surface area contributed by atoms with Gasteiger partial charge in [0, 0.05) is 0 Å². The Bertz CT molecular complexity index is 391. The zero-order chi connectivity index (χ0) is 11.8. The number of hydrazine groups is 1. The minimum Gasteiger partial charge on any atom is -0.357 e. The van der Waals surface area contributed by atoms with E-state index in [2.05, 4.69) is 5.43 Å². The summed E-state index contributed by atoms with van der Waals surface area (Å²) in [5, 5.41) is 20.2. The smallest absolute Gasteiger partial charge is 0.298 e. The van der Waals surface area contributed by atoms with Crippen LogP contribution in [0.15, 0.2) is 30.3 Å². The first-order chi connectivity index (χ1) is 7.51. The van der Waals surface area contributed by atoms with Gasteiger partial charge >= 0.3 is 0 Å². The van der Waals surface area contributed by atoms with Crippen LogP contribution in [0.25, 0.3) is 0 Å². The van der Waals surface area contributed by atoms with Crippen molar-refractivity contribution in [1.29, 1.82) is 0 Å². The van der Waals surface area contributed by atoms with Gasteiger partial charge in [0.05, 0.1) is 12.6 Å². The van der Waals surface area contributed by atoms with Crippen LogP contribution in [-0.2, 0) is 11.3 Å². The lowest BCUT2D eigenvalue weighted by molar-refractivity contribution is -0.185. The van der Waals surface area contributed by atoms with E-state index in [1.54, 1.807) is 6.92 Å². The van der Waals surface area contributed by atoms with E-state index in [1.165, 1.54) is 5.01 Å². The van der Waals surface area contributed by atoms with Gasteiger partial charge in [-0.2, -0.15) is 0 Å². The fraction of sp³-hybridized carbons (Fsp3) is 0.364. The van der Waals surface area contributed by atoms with Gasteiger partial charge in [0.15, 0.2) is 0 Å². The molecule has 3 N–H and O–H groups in total. The van der Waals surface area contributed by atoms with Gasteiger partial charge in [0.1, 0.15) is 0 Å². The molecular weight excluding hydrogens is 208 g/mol. The summed E-state index contributed by atoms with van der Waals surface area (Å²) in [6, 6.07) is 8.65. The Morgan fingerprint density at radius 3 is 2.50 bits per heavy atom. The maximum absolute atomic E-state index is 11.6. The predicted octanol–water partition coefficient (Wildman–Crippen LogP) is -0.397. The number of hydrogen-bond acceptors (Lipinski definition) is 4. The number of nitrogens with one attached hydrogen (secondary N) is 1. The number of aliphatic hydroxyl groups is 2. The Labute approximate surface area is 93.3 Å². The lowest BCUT2D eigenvalue weighted by atomic mass is 10.1. The number of nitrogens with zero attached hydrogens (tertiary/aromatic N) is 1. The lowest BCUT2D eigenvalue weighted by Gasteiger charge is -2.16. The van der Waals surface area contributed by atoms with Crippen LogP contribution in [0.2, 0.25) is 0 Å². The lowest BCUT2D eigenvalue weighted by Crippen LogP contribution is -2.44. The van der Waals surface area contributed by atoms with Crippen LogP contribution < -0.4 is 5.43 Å². The topological polar surface area (TPSA) is 72.8 Å². The maximum Gasteiger partial charge on any atom is 0.298 e. The van der Waals surface area contributed by atoms with Crippen LogP contribution in [0.3, 0.4) is 0 Å². The van der Waals surface area contributed by atoms with Gasteiger partial charge in [-0.15, -0.1) is 0 Å². The average Bonchev–Trinajstić information content (AvgIpc) is 2.45. The second-order valence-electron chi connectivity index (χ2n) is 3.95. The van der Waals surface area contributed by atoms with Crippen molar-refractivity contribution in [3.63, 3.8) is 0 Å². The summed E-state index contributed by atoms with van der Waals surface area (Å²) in [6.07, 6.45) is 0. The highest BCUT2D eigenvalue weighted by Crippen LogP contribution is 2.19. The molecule has 1 amide bonds. The van der Waals surface area contributed by atoms with Crippen LogP contribution in [-0.4, -0.2) is 33.0 Å². The third-order valence-corrected chi connectivity index (χ3v) is 2.70. The third kappa shape index (κ3) is 1.80. The monoisotopic (exact) mass is 222 g/mol. The van der Waals surface area contributed by atoms with E-state index in [9.17, 15) is 15.0 Å². The highest BCUT2D eigenvalue weighted by Gasteiger charge is 2.49. The Morgan fingerprint density at radius 2 is 2.00 bits per heavy atom. The highest BCUT2D eigenvalue weighted by atomic mass is 16.5. The largest absolute Gasteiger partial charge is 0.357 e. The minimum absolute atomic E-state index is 0.312. The molecule has 0 spiro atoms. The second-order valence-corrected chi connectivity index (χ2v) is 3.95. The van der Waals surface area contributed by atoms with Gasteiger partial charge < -0.3 is 10.2 Å². The number of rotatable bonds is 2. The van der Waals surface area contributed by atoms with Crippen molar-refractivity contribution in [1.82, 2.24) is 10.4 Å². The number of carbonyl (C=O) groups excluding carboxylic acids is 1. The molecule has 16 heavy (non-hydrogen) atoms. The van der Waals surface area contributed by atoms with Crippen LogP contribution in [0.5, 0.6) is 0 Å². The Hall–Kier alpha value is -1.43. The molecule has 5 nitrogen and oxygen atoms in total. The van der Waals surface area contributed by atoms with E-state index in [4.69, 9.17) is 0 Å². The molecule has 1 aliphatic rings. The molecule has 2 rings (SSSR count). The molecule has 1 unspecified atom stereocenters. The summed E-state index contributed by atoms with van der Waals surface area (Å²) in [4.78, 5) is 11.6. The number of hydrogen-bond donors (Lipinski definition) is 3. The Morgan fingerprint density at radius 1 is 1.38 bits per heavy atom. The molecular formula is C11H14N2O3. The fourth-order valence-corrected chi connectivity index (χ4v) is 1.65. The van der Waals surface area contributed by atoms with Gasteiger partial charge in [-0.25, -0.2) is 5.43 Å². The number of amides is 1. The fourth-order valence-electron chi connectivity index (χ4n) is 1.65. The molecule has 1 aliphatic heterocycles. The van der Waals surface area contributed by atoms with E-state index < -0.39 is 17.7 Å². The summed E-state index contributed by atoms with van der Waals surface area (Å²) < 4.78 is 0. The van der Waals surface area contributed by atoms with Crippen molar-refractivity contribution < 1.29 is 15.0 Å². The highest BCUT2D eigenvalue weighted by molar-refractivity contribution is 5.85. The zero-order valence-corrected chi connectivity index (χ0v) is 8.92. The van der Waals surface area contributed by atoms with E-state index in [0.717, 1.165) is 5.56 Å². The van der Waals surface area contributed by atoms with Crippen molar-refractivity contribution in [2.75, 3.05) is 0 Å². The molecule has 0 radical (unpaired) electrons.